The number of amides is 1. The number of furan rings is 1. The largest absolute Gasteiger partial charge is 0.586 e. The molecule has 22 heavy (non-hydrogen) atoms. The molecule has 0 saturated carbocycles. The molecule has 3 rings (SSSR count). The molecule has 1 N–H and O–H groups in total. The van der Waals surface area contributed by atoms with Gasteiger partial charge in [-0.1, -0.05) is 0 Å². The van der Waals surface area contributed by atoms with Gasteiger partial charge in [0.25, 0.3) is 5.91 Å². The van der Waals surface area contributed by atoms with Gasteiger partial charge in [-0.15, -0.1) is 8.78 Å². The number of carbonyl (C=O) groups is 1. The number of halogens is 2. The minimum Gasteiger partial charge on any atom is -0.466 e. The van der Waals surface area contributed by atoms with Crippen LogP contribution >= 0.6 is 0 Å². The SMILES string of the molecule is Cc1oc(C)c(C(=O)Nc2ccc3c(c2)OC(F)(F)O3)c1C. The van der Waals surface area contributed by atoms with Gasteiger partial charge >= 0.3 is 6.29 Å². The standard InChI is InChI=1S/C15H13F2NO4/c1-7-8(2)20-9(3)13(7)14(19)18-10-4-5-11-12(6-10)22-15(16,17)21-11/h4-6H,1-3H3,(H,18,19). The highest BCUT2D eigenvalue weighted by molar-refractivity contribution is 6.06. The lowest BCUT2D eigenvalue weighted by atomic mass is 10.1. The van der Waals surface area contributed by atoms with Crippen LogP contribution in [0, 0.1) is 20.8 Å². The van der Waals surface area contributed by atoms with E-state index in [0.717, 1.165) is 5.56 Å². The Labute approximate surface area is 124 Å². The maximum atomic E-state index is 13.0. The zero-order chi connectivity index (χ0) is 16.1. The van der Waals surface area contributed by atoms with Gasteiger partial charge in [0.2, 0.25) is 0 Å². The molecular weight excluding hydrogens is 296 g/mol. The maximum Gasteiger partial charge on any atom is 0.586 e. The van der Waals surface area contributed by atoms with Crippen molar-refractivity contribution >= 4 is 11.6 Å². The number of rotatable bonds is 2. The molecule has 2 heterocycles. The Bertz CT molecular complexity index is 767. The summed E-state index contributed by atoms with van der Waals surface area (Å²) in [5, 5.41) is 2.63. The van der Waals surface area contributed by atoms with Crippen LogP contribution in [-0.4, -0.2) is 12.2 Å². The van der Waals surface area contributed by atoms with E-state index in [4.69, 9.17) is 4.42 Å². The van der Waals surface area contributed by atoms with Crippen molar-refractivity contribution in [2.45, 2.75) is 27.1 Å². The summed E-state index contributed by atoms with van der Waals surface area (Å²) in [7, 11) is 0. The fraction of sp³-hybridized carbons (Fsp3) is 0.267. The lowest BCUT2D eigenvalue weighted by Gasteiger charge is -2.06. The number of alkyl halides is 2. The number of carbonyl (C=O) groups excluding carboxylic acids is 1. The molecule has 116 valence electrons. The normalized spacial score (nSPS) is 15.0. The third-order valence-corrected chi connectivity index (χ3v) is 3.45. The van der Waals surface area contributed by atoms with Crippen LogP contribution in [-0.2, 0) is 0 Å². The number of anilines is 1. The Hall–Kier alpha value is -2.57. The smallest absolute Gasteiger partial charge is 0.466 e. The number of hydrogen-bond donors (Lipinski definition) is 1. The van der Waals surface area contributed by atoms with E-state index in [1.165, 1.54) is 18.2 Å². The maximum absolute atomic E-state index is 13.0. The molecule has 7 heteroatoms. The molecular formula is C15H13F2NO4. The van der Waals surface area contributed by atoms with Crippen LogP contribution in [0.15, 0.2) is 22.6 Å². The van der Waals surface area contributed by atoms with E-state index in [1.807, 2.05) is 0 Å². The van der Waals surface area contributed by atoms with Crippen molar-refractivity contribution in [2.75, 3.05) is 5.32 Å². The van der Waals surface area contributed by atoms with Gasteiger partial charge < -0.3 is 19.2 Å². The average Bonchev–Trinajstić information content (AvgIpc) is 2.84. The second-order valence-electron chi connectivity index (χ2n) is 5.00. The fourth-order valence-corrected chi connectivity index (χ4v) is 2.35. The van der Waals surface area contributed by atoms with Crippen molar-refractivity contribution in [3.05, 3.63) is 40.8 Å². The van der Waals surface area contributed by atoms with Crippen LogP contribution in [0.1, 0.15) is 27.4 Å². The van der Waals surface area contributed by atoms with Crippen molar-refractivity contribution < 1.29 is 27.5 Å². The highest BCUT2D eigenvalue weighted by atomic mass is 19.3. The van der Waals surface area contributed by atoms with E-state index in [0.29, 0.717) is 22.8 Å². The van der Waals surface area contributed by atoms with Crippen molar-refractivity contribution in [3.8, 4) is 11.5 Å². The molecule has 0 spiro atoms. The van der Waals surface area contributed by atoms with Crippen LogP contribution in [0.5, 0.6) is 11.5 Å². The van der Waals surface area contributed by atoms with Crippen molar-refractivity contribution in [1.29, 1.82) is 0 Å². The van der Waals surface area contributed by atoms with E-state index >= 15 is 0 Å². The quantitative estimate of drug-likeness (QED) is 0.917. The lowest BCUT2D eigenvalue weighted by molar-refractivity contribution is -0.286. The average molecular weight is 309 g/mol. The zero-order valence-corrected chi connectivity index (χ0v) is 12.1. The van der Waals surface area contributed by atoms with E-state index in [-0.39, 0.29) is 17.4 Å². The van der Waals surface area contributed by atoms with Crippen molar-refractivity contribution in [3.63, 3.8) is 0 Å². The van der Waals surface area contributed by atoms with Gasteiger partial charge in [0.1, 0.15) is 11.5 Å². The van der Waals surface area contributed by atoms with Gasteiger partial charge in [-0.05, 0) is 32.9 Å². The summed E-state index contributed by atoms with van der Waals surface area (Å²) < 4.78 is 40.0. The predicted molar refractivity (Wildman–Crippen MR) is 73.5 cm³/mol. The first-order valence-corrected chi connectivity index (χ1v) is 6.54. The molecule has 1 aliphatic rings. The molecule has 0 fully saturated rings. The molecule has 1 amide bonds. The second-order valence-corrected chi connectivity index (χ2v) is 5.00. The second kappa shape index (κ2) is 4.72. The number of fused-ring (bicyclic) bond motifs is 1. The highest BCUT2D eigenvalue weighted by Crippen LogP contribution is 2.42. The van der Waals surface area contributed by atoms with Crippen LogP contribution in [0.3, 0.4) is 0 Å². The van der Waals surface area contributed by atoms with Gasteiger partial charge in [-0.25, -0.2) is 0 Å². The first-order valence-electron chi connectivity index (χ1n) is 6.54. The van der Waals surface area contributed by atoms with Crippen LogP contribution < -0.4 is 14.8 Å². The summed E-state index contributed by atoms with van der Waals surface area (Å²) in [4.78, 5) is 12.3. The fourth-order valence-electron chi connectivity index (χ4n) is 2.35. The molecule has 5 nitrogen and oxygen atoms in total. The molecule has 0 aliphatic carbocycles. The Kier molecular flexibility index (Phi) is 3.09. The number of ether oxygens (including phenoxy) is 2. The van der Waals surface area contributed by atoms with Crippen LogP contribution in [0.4, 0.5) is 14.5 Å². The van der Waals surface area contributed by atoms with Gasteiger partial charge in [0.05, 0.1) is 5.56 Å². The molecule has 1 aromatic heterocycles. The number of nitrogens with one attached hydrogen (secondary N) is 1. The van der Waals surface area contributed by atoms with Crippen LogP contribution in [0.25, 0.3) is 0 Å². The molecule has 0 radical (unpaired) electrons. The predicted octanol–water partition coefficient (Wildman–Crippen LogP) is 3.78. The van der Waals surface area contributed by atoms with Gasteiger partial charge in [-0.2, -0.15) is 0 Å². The summed E-state index contributed by atoms with van der Waals surface area (Å²) in [6.07, 6.45) is -3.68. The Morgan fingerprint density at radius 2 is 1.77 bits per heavy atom. The van der Waals surface area contributed by atoms with Crippen LogP contribution in [0.2, 0.25) is 0 Å². The first kappa shape index (κ1) is 14.4. The van der Waals surface area contributed by atoms with E-state index in [2.05, 4.69) is 14.8 Å². The van der Waals surface area contributed by atoms with Gasteiger partial charge in [0.15, 0.2) is 11.5 Å². The van der Waals surface area contributed by atoms with E-state index < -0.39 is 6.29 Å². The monoisotopic (exact) mass is 309 g/mol. The first-order chi connectivity index (χ1) is 10.3. The topological polar surface area (TPSA) is 60.7 Å². The number of aryl methyl sites for hydroxylation is 2. The minimum absolute atomic E-state index is 0.0745. The molecule has 1 aliphatic heterocycles. The summed E-state index contributed by atoms with van der Waals surface area (Å²) in [6, 6.07) is 4.05. The number of hydrogen-bond acceptors (Lipinski definition) is 4. The summed E-state index contributed by atoms with van der Waals surface area (Å²) in [5.74, 6) is 0.583. The Morgan fingerprint density at radius 1 is 1.09 bits per heavy atom. The summed E-state index contributed by atoms with van der Waals surface area (Å²) in [6.45, 7) is 5.23. The van der Waals surface area contributed by atoms with E-state index in [1.54, 1.807) is 20.8 Å². The van der Waals surface area contributed by atoms with Crippen molar-refractivity contribution in [1.82, 2.24) is 0 Å². The molecule has 2 aromatic rings. The Balaban J connectivity index is 1.84. The highest BCUT2D eigenvalue weighted by Gasteiger charge is 2.43. The molecule has 1 aromatic carbocycles. The summed E-state index contributed by atoms with van der Waals surface area (Å²) in [5.41, 5.74) is 1.49. The molecule has 0 atom stereocenters. The summed E-state index contributed by atoms with van der Waals surface area (Å²) >= 11 is 0. The molecule has 0 bridgehead atoms. The third-order valence-electron chi connectivity index (χ3n) is 3.45. The van der Waals surface area contributed by atoms with Gasteiger partial charge in [0, 0.05) is 17.3 Å². The zero-order valence-electron chi connectivity index (χ0n) is 12.1. The third kappa shape index (κ3) is 2.38. The minimum atomic E-state index is -3.68. The number of benzene rings is 1. The lowest BCUT2D eigenvalue weighted by Crippen LogP contribution is -2.25. The van der Waals surface area contributed by atoms with Gasteiger partial charge in [-0.3, -0.25) is 4.79 Å². The van der Waals surface area contributed by atoms with Crippen molar-refractivity contribution in [2.24, 2.45) is 0 Å². The Morgan fingerprint density at radius 3 is 2.41 bits per heavy atom. The van der Waals surface area contributed by atoms with E-state index in [9.17, 15) is 13.6 Å². The molecule has 0 unspecified atom stereocenters. The molecule has 0 saturated heterocycles.